The zero-order valence-electron chi connectivity index (χ0n) is 10.8. The monoisotopic (exact) mass is 330 g/mol. The van der Waals surface area contributed by atoms with Gasteiger partial charge < -0.3 is 4.74 Å². The van der Waals surface area contributed by atoms with Gasteiger partial charge in [0.1, 0.15) is 5.75 Å². The first-order valence-electron chi connectivity index (χ1n) is 6.81. The first kappa shape index (κ1) is 14.2. The summed E-state index contributed by atoms with van der Waals surface area (Å²) >= 11 is 9.67. The molecule has 0 bridgehead atoms. The Morgan fingerprint density at radius 2 is 2.06 bits per heavy atom. The summed E-state index contributed by atoms with van der Waals surface area (Å²) in [7, 11) is 0. The summed E-state index contributed by atoms with van der Waals surface area (Å²) in [6.07, 6.45) is 7.48. The molecule has 0 radical (unpaired) electrons. The van der Waals surface area contributed by atoms with Crippen LogP contribution in [0.4, 0.5) is 0 Å². The van der Waals surface area contributed by atoms with E-state index in [9.17, 15) is 0 Å². The van der Waals surface area contributed by atoms with E-state index in [-0.39, 0.29) is 5.01 Å². The molecule has 1 fully saturated rings. The van der Waals surface area contributed by atoms with Gasteiger partial charge in [0, 0.05) is 5.02 Å². The van der Waals surface area contributed by atoms with Crippen LogP contribution in [0.2, 0.25) is 5.02 Å². The lowest BCUT2D eigenvalue weighted by Crippen LogP contribution is -2.11. The van der Waals surface area contributed by atoms with E-state index in [0.717, 1.165) is 17.2 Å². The fraction of sp³-hybridized carbons (Fsp3) is 0.600. The number of rotatable bonds is 4. The minimum atomic E-state index is 0.0843. The Morgan fingerprint density at radius 1 is 1.33 bits per heavy atom. The molecule has 3 heteroatoms. The maximum atomic E-state index is 6.14. The Kier molecular flexibility index (Phi) is 5.38. The third-order valence-electron chi connectivity index (χ3n) is 3.59. The van der Waals surface area contributed by atoms with Crippen molar-refractivity contribution < 1.29 is 4.74 Å². The maximum Gasteiger partial charge on any atom is 0.153 e. The zero-order valence-corrected chi connectivity index (χ0v) is 13.1. The van der Waals surface area contributed by atoms with Crippen LogP contribution in [0, 0.1) is 0 Å². The summed E-state index contributed by atoms with van der Waals surface area (Å²) in [6, 6.07) is 6.01. The SMILES string of the molecule is CCC(Br)Oc1ccc(Cl)cc1C1CCCCC1. The smallest absolute Gasteiger partial charge is 0.153 e. The van der Waals surface area contributed by atoms with Crippen molar-refractivity contribution in [3.05, 3.63) is 28.8 Å². The quantitative estimate of drug-likeness (QED) is 0.624. The van der Waals surface area contributed by atoms with E-state index in [4.69, 9.17) is 16.3 Å². The highest BCUT2D eigenvalue weighted by Gasteiger charge is 2.20. The van der Waals surface area contributed by atoms with Crippen molar-refractivity contribution in [1.82, 2.24) is 0 Å². The van der Waals surface area contributed by atoms with E-state index in [1.54, 1.807) is 0 Å². The largest absolute Gasteiger partial charge is 0.479 e. The zero-order chi connectivity index (χ0) is 13.0. The molecule has 1 aliphatic carbocycles. The standard InChI is InChI=1S/C15H20BrClO/c1-2-15(16)18-14-9-8-12(17)10-13(14)11-6-4-3-5-7-11/h8-11,15H,2-7H2,1H3. The average molecular weight is 332 g/mol. The van der Waals surface area contributed by atoms with E-state index < -0.39 is 0 Å². The molecule has 100 valence electrons. The van der Waals surface area contributed by atoms with Gasteiger partial charge in [-0.05, 0) is 64.9 Å². The van der Waals surface area contributed by atoms with Crippen molar-refractivity contribution >= 4 is 27.5 Å². The van der Waals surface area contributed by atoms with Gasteiger partial charge >= 0.3 is 0 Å². The number of ether oxygens (including phenoxy) is 1. The highest BCUT2D eigenvalue weighted by atomic mass is 79.9. The highest BCUT2D eigenvalue weighted by Crippen LogP contribution is 2.39. The molecule has 0 amide bonds. The molecule has 18 heavy (non-hydrogen) atoms. The molecular weight excluding hydrogens is 312 g/mol. The molecule has 1 unspecified atom stereocenters. The summed E-state index contributed by atoms with van der Waals surface area (Å²) in [6.45, 7) is 2.11. The summed E-state index contributed by atoms with van der Waals surface area (Å²) in [5.41, 5.74) is 1.29. The molecule has 1 nitrogen and oxygen atoms in total. The van der Waals surface area contributed by atoms with Gasteiger partial charge in [-0.1, -0.05) is 37.8 Å². The first-order chi connectivity index (χ1) is 8.70. The van der Waals surface area contributed by atoms with Crippen LogP contribution in [0.5, 0.6) is 5.75 Å². The third kappa shape index (κ3) is 3.64. The third-order valence-corrected chi connectivity index (χ3v) is 4.66. The number of halogens is 2. The molecule has 1 aliphatic rings. The molecule has 0 saturated heterocycles. The minimum absolute atomic E-state index is 0.0843. The summed E-state index contributed by atoms with van der Waals surface area (Å²) in [5, 5.41) is 0.895. The van der Waals surface area contributed by atoms with E-state index in [2.05, 4.69) is 28.9 Å². The normalized spacial score (nSPS) is 18.6. The molecule has 1 aromatic rings. The molecule has 2 rings (SSSR count). The molecule has 0 spiro atoms. The van der Waals surface area contributed by atoms with E-state index in [1.807, 2.05) is 12.1 Å². The van der Waals surface area contributed by atoms with Crippen molar-refractivity contribution in [1.29, 1.82) is 0 Å². The van der Waals surface area contributed by atoms with Crippen molar-refractivity contribution in [2.24, 2.45) is 0 Å². The Balaban J connectivity index is 2.22. The topological polar surface area (TPSA) is 9.23 Å². The van der Waals surface area contributed by atoms with E-state index in [1.165, 1.54) is 37.7 Å². The van der Waals surface area contributed by atoms with Crippen LogP contribution in [0.1, 0.15) is 56.9 Å². The van der Waals surface area contributed by atoms with Gasteiger partial charge in [-0.2, -0.15) is 0 Å². The van der Waals surface area contributed by atoms with Crippen LogP contribution in [-0.2, 0) is 0 Å². The van der Waals surface area contributed by atoms with Gasteiger partial charge in [-0.25, -0.2) is 0 Å². The predicted octanol–water partition coefficient (Wildman–Crippen LogP) is 5.90. The Bertz CT molecular complexity index is 388. The van der Waals surface area contributed by atoms with Crippen molar-refractivity contribution in [2.45, 2.75) is 56.4 Å². The summed E-state index contributed by atoms with van der Waals surface area (Å²) in [4.78, 5) is 0. The fourth-order valence-corrected chi connectivity index (χ4v) is 2.96. The van der Waals surface area contributed by atoms with Gasteiger partial charge in [0.15, 0.2) is 5.01 Å². The fourth-order valence-electron chi connectivity index (χ4n) is 2.58. The molecule has 0 aliphatic heterocycles. The van der Waals surface area contributed by atoms with Gasteiger partial charge in [0.2, 0.25) is 0 Å². The number of alkyl halides is 1. The molecule has 1 atom stereocenters. The number of hydrogen-bond donors (Lipinski definition) is 0. The second-order valence-electron chi connectivity index (χ2n) is 4.95. The molecule has 0 N–H and O–H groups in total. The van der Waals surface area contributed by atoms with Crippen LogP contribution in [0.3, 0.4) is 0 Å². The summed E-state index contributed by atoms with van der Waals surface area (Å²) < 4.78 is 5.96. The van der Waals surface area contributed by atoms with Crippen LogP contribution < -0.4 is 4.74 Å². The van der Waals surface area contributed by atoms with Gasteiger partial charge in [-0.15, -0.1) is 0 Å². The van der Waals surface area contributed by atoms with Crippen LogP contribution >= 0.6 is 27.5 Å². The van der Waals surface area contributed by atoms with Crippen molar-refractivity contribution in [2.75, 3.05) is 0 Å². The highest BCUT2D eigenvalue weighted by molar-refractivity contribution is 9.09. The van der Waals surface area contributed by atoms with Gasteiger partial charge in [0.25, 0.3) is 0 Å². The molecular formula is C15H20BrClO. The Hall–Kier alpha value is -0.210. The van der Waals surface area contributed by atoms with Crippen LogP contribution in [-0.4, -0.2) is 5.01 Å². The lowest BCUT2D eigenvalue weighted by molar-refractivity contribution is 0.282. The maximum absolute atomic E-state index is 6.14. The van der Waals surface area contributed by atoms with Crippen molar-refractivity contribution in [3.8, 4) is 5.75 Å². The second kappa shape index (κ2) is 6.81. The number of benzene rings is 1. The average Bonchev–Trinajstić information content (AvgIpc) is 2.41. The van der Waals surface area contributed by atoms with Gasteiger partial charge in [-0.3, -0.25) is 0 Å². The van der Waals surface area contributed by atoms with Crippen LogP contribution in [0.25, 0.3) is 0 Å². The predicted molar refractivity (Wildman–Crippen MR) is 80.9 cm³/mol. The van der Waals surface area contributed by atoms with E-state index >= 15 is 0 Å². The number of hydrogen-bond acceptors (Lipinski definition) is 1. The molecule has 1 aromatic carbocycles. The molecule has 0 heterocycles. The van der Waals surface area contributed by atoms with E-state index in [0.29, 0.717) is 5.92 Å². The lowest BCUT2D eigenvalue weighted by atomic mass is 9.84. The van der Waals surface area contributed by atoms with Crippen LogP contribution in [0.15, 0.2) is 18.2 Å². The first-order valence-corrected chi connectivity index (χ1v) is 8.10. The molecule has 0 aromatic heterocycles. The second-order valence-corrected chi connectivity index (χ2v) is 6.41. The summed E-state index contributed by atoms with van der Waals surface area (Å²) in [5.74, 6) is 1.61. The molecule has 1 saturated carbocycles. The Labute approximate surface area is 123 Å². The van der Waals surface area contributed by atoms with Gasteiger partial charge in [0.05, 0.1) is 0 Å². The van der Waals surface area contributed by atoms with Crippen molar-refractivity contribution in [3.63, 3.8) is 0 Å². The Morgan fingerprint density at radius 3 is 2.72 bits per heavy atom. The lowest BCUT2D eigenvalue weighted by Gasteiger charge is -2.25. The minimum Gasteiger partial charge on any atom is -0.479 e.